The average molecular weight is 132 g/mol. The van der Waals surface area contributed by atoms with Crippen LogP contribution in [-0.4, -0.2) is 74.3 Å². The van der Waals surface area contributed by atoms with Crippen molar-refractivity contribution in [2.75, 3.05) is 0 Å². The van der Waals surface area contributed by atoms with Crippen molar-refractivity contribution in [2.45, 2.75) is 0 Å². The summed E-state index contributed by atoms with van der Waals surface area (Å²) in [5.41, 5.74) is 0. The first kappa shape index (κ1) is 126. The summed E-state index contributed by atoms with van der Waals surface area (Å²) < 4.78 is 0. The van der Waals surface area contributed by atoms with E-state index in [2.05, 4.69) is 0 Å². The molecule has 0 unspecified atom stereocenters. The van der Waals surface area contributed by atoms with Crippen LogP contribution >= 0.6 is 0 Å². The minimum absolute atomic E-state index is 0. The molecule has 0 amide bonds. The van der Waals surface area contributed by atoms with E-state index in [0.717, 1.165) is 0 Å². The first-order chi connectivity index (χ1) is 0. The minimum Gasteiger partial charge on any atom is -0.412 e. The van der Waals surface area contributed by atoms with E-state index in [0.29, 0.717) is 0 Å². The second-order valence-electron chi connectivity index (χ2n) is 0. The van der Waals surface area contributed by atoms with Gasteiger partial charge in [-0.1, -0.05) is 0 Å². The first-order valence-corrected chi connectivity index (χ1v) is 0. The molecule has 0 aromatic heterocycles. The van der Waals surface area contributed by atoms with Gasteiger partial charge >= 0.3 is 0 Å². The molecule has 32 valence electrons. The zero-order valence-electron chi connectivity index (χ0n) is 3.58. The Morgan fingerprint density at radius 3 is 0.667 bits per heavy atom. The molecule has 0 aromatic carbocycles. The van der Waals surface area contributed by atoms with Gasteiger partial charge in [0, 0.05) is 57.9 Å². The fraction of sp³-hybridized carbons (Fsp3) is 0. The van der Waals surface area contributed by atoms with Gasteiger partial charge in [-0.3, -0.25) is 0 Å². The third-order valence-corrected chi connectivity index (χ3v) is 0. The third kappa shape index (κ3) is 45.4. The summed E-state index contributed by atoms with van der Waals surface area (Å²) in [4.78, 5) is 0. The number of hydrogen-bond donors (Lipinski definition) is 0. The van der Waals surface area contributed by atoms with Crippen molar-refractivity contribution in [3.05, 3.63) is 0 Å². The Morgan fingerprint density at radius 2 is 0.667 bits per heavy atom. The molecule has 0 aromatic rings. The van der Waals surface area contributed by atoms with Gasteiger partial charge in [-0.2, -0.15) is 0 Å². The molecule has 0 aliphatic heterocycles. The normalized spacial score (nSPS) is 0. The van der Waals surface area contributed by atoms with Crippen molar-refractivity contribution in [3.63, 3.8) is 0 Å². The summed E-state index contributed by atoms with van der Waals surface area (Å²) in [6.45, 7) is 0. The van der Waals surface area contributed by atoms with Crippen LogP contribution < -0.4 is 0 Å². The topological polar surface area (TPSA) is 94.5 Å². The van der Waals surface area contributed by atoms with Crippen molar-refractivity contribution in [1.29, 1.82) is 0 Å². The number of rotatable bonds is 0. The van der Waals surface area contributed by atoms with Crippen LogP contribution in [0.15, 0.2) is 0 Å². The molecule has 0 bridgehead atoms. The molecule has 6 N–H and O–H groups in total. The van der Waals surface area contributed by atoms with Crippen molar-refractivity contribution in [2.24, 2.45) is 0 Å². The third-order valence-electron chi connectivity index (χ3n) is 0. The van der Waals surface area contributed by atoms with Gasteiger partial charge in [0.05, 0.1) is 0 Å². The zero-order chi connectivity index (χ0) is 0. The quantitative estimate of drug-likeness (QED) is 0.304. The van der Waals surface area contributed by atoms with Gasteiger partial charge in [-0.25, -0.2) is 0 Å². The van der Waals surface area contributed by atoms with Crippen molar-refractivity contribution < 1.29 is 16.4 Å². The molecule has 0 heterocycles. The summed E-state index contributed by atoms with van der Waals surface area (Å²) in [6, 6.07) is 0. The van der Waals surface area contributed by atoms with E-state index < -0.39 is 0 Å². The van der Waals surface area contributed by atoms with Gasteiger partial charge in [0.1, 0.15) is 0 Å². The van der Waals surface area contributed by atoms with Crippen LogP contribution in [-0.2, 0) is 0 Å². The van der Waals surface area contributed by atoms with E-state index in [4.69, 9.17) is 0 Å². The van der Waals surface area contributed by atoms with Gasteiger partial charge in [-0.05, 0) is 0 Å². The molecular formula is H6AlNaO3Si. The van der Waals surface area contributed by atoms with Crippen LogP contribution in [0.4, 0.5) is 0 Å². The van der Waals surface area contributed by atoms with Crippen LogP contribution in [0.1, 0.15) is 0 Å². The van der Waals surface area contributed by atoms with Crippen LogP contribution in [0.3, 0.4) is 0 Å². The predicted octanol–water partition coefficient (Wildman–Crippen LogP) is -3.62. The smallest absolute Gasteiger partial charge is 0 e. The summed E-state index contributed by atoms with van der Waals surface area (Å²) in [6.07, 6.45) is 0. The SMILES string of the molecule is O.O.O.[Al].[Na].[Si]. The van der Waals surface area contributed by atoms with E-state index in [1.54, 1.807) is 0 Å². The maximum atomic E-state index is 0. The second kappa shape index (κ2) is 79.1. The maximum Gasteiger partial charge on any atom is 0 e. The van der Waals surface area contributed by atoms with E-state index in [1.807, 2.05) is 0 Å². The fourth-order valence-corrected chi connectivity index (χ4v) is 0. The molecule has 8 radical (unpaired) electrons. The molecule has 0 atom stereocenters. The van der Waals surface area contributed by atoms with Crippen LogP contribution in [0.5, 0.6) is 0 Å². The standard InChI is InChI=1S/Al.Na.3H2O.Si/h;;3*1H2;. The predicted molar refractivity (Wildman–Crippen MR) is 28.1 cm³/mol. The molecule has 0 rings (SSSR count). The summed E-state index contributed by atoms with van der Waals surface area (Å²) in [5, 5.41) is 0. The molecule has 0 aliphatic carbocycles. The molecular weight excluding hydrogens is 126 g/mol. The molecule has 6 heavy (non-hydrogen) atoms. The fourth-order valence-electron chi connectivity index (χ4n) is 0. The van der Waals surface area contributed by atoms with Crippen molar-refractivity contribution in [3.8, 4) is 0 Å². The molecule has 3 nitrogen and oxygen atoms in total. The van der Waals surface area contributed by atoms with Crippen LogP contribution in [0.25, 0.3) is 0 Å². The molecule has 0 aliphatic rings. The summed E-state index contributed by atoms with van der Waals surface area (Å²) in [7, 11) is 0. The molecule has 0 saturated heterocycles. The Morgan fingerprint density at radius 1 is 0.667 bits per heavy atom. The molecule has 6 heteroatoms. The Kier molecular flexibility index (Phi) is 1670. The minimum atomic E-state index is 0. The van der Waals surface area contributed by atoms with Crippen LogP contribution in [0.2, 0.25) is 0 Å². The van der Waals surface area contributed by atoms with E-state index in [9.17, 15) is 0 Å². The van der Waals surface area contributed by atoms with Gasteiger partial charge < -0.3 is 16.4 Å². The van der Waals surface area contributed by atoms with Crippen molar-refractivity contribution in [1.82, 2.24) is 0 Å². The van der Waals surface area contributed by atoms with E-state index >= 15 is 0 Å². The van der Waals surface area contributed by atoms with E-state index in [1.165, 1.54) is 0 Å². The van der Waals surface area contributed by atoms with E-state index in [-0.39, 0.29) is 74.3 Å². The summed E-state index contributed by atoms with van der Waals surface area (Å²) in [5.74, 6) is 0. The van der Waals surface area contributed by atoms with Gasteiger partial charge in [0.2, 0.25) is 0 Å². The average Bonchev–Trinajstić information content (AvgIpc) is 0. The number of hydrogen-bond acceptors (Lipinski definition) is 0. The van der Waals surface area contributed by atoms with Crippen molar-refractivity contribution >= 4 is 57.9 Å². The van der Waals surface area contributed by atoms with Gasteiger partial charge in [-0.15, -0.1) is 0 Å². The second-order valence-corrected chi connectivity index (χ2v) is 0. The van der Waals surface area contributed by atoms with Gasteiger partial charge in [0.25, 0.3) is 0 Å². The Labute approximate surface area is 73.9 Å². The first-order valence-electron chi connectivity index (χ1n) is 0. The Balaban J connectivity index is 0. The monoisotopic (exact) mass is 132 g/mol. The molecule has 0 fully saturated rings. The van der Waals surface area contributed by atoms with Gasteiger partial charge in [0.15, 0.2) is 0 Å². The Hall–Kier alpha value is 1.63. The molecule has 0 saturated carbocycles. The Bertz CT molecular complexity index is 10.8. The molecule has 0 spiro atoms. The largest absolute Gasteiger partial charge is 0.412 e. The maximum absolute atomic E-state index is 0. The summed E-state index contributed by atoms with van der Waals surface area (Å²) >= 11 is 0. The zero-order valence-corrected chi connectivity index (χ0v) is 7.73. The van der Waals surface area contributed by atoms with Crippen LogP contribution in [0, 0.1) is 0 Å².